The normalized spacial score (nSPS) is 27.2. The topological polar surface area (TPSA) is 17.1 Å². The van der Waals surface area contributed by atoms with Crippen molar-refractivity contribution in [3.63, 3.8) is 0 Å². The molecule has 0 radical (unpaired) electrons. The number of hydrogen-bond donors (Lipinski definition) is 0. The molecule has 0 aromatic rings. The molecule has 1 heteroatoms. The molecule has 0 heterocycles. The van der Waals surface area contributed by atoms with E-state index in [1.807, 2.05) is 0 Å². The van der Waals surface area contributed by atoms with Crippen LogP contribution in [0.2, 0.25) is 0 Å². The average molecular weight is 126 g/mol. The number of rotatable bonds is 2. The summed E-state index contributed by atoms with van der Waals surface area (Å²) in [6.45, 7) is 2.18. The summed E-state index contributed by atoms with van der Waals surface area (Å²) in [6.07, 6.45) is 5.37. The first-order chi connectivity index (χ1) is 4.33. The van der Waals surface area contributed by atoms with E-state index in [-0.39, 0.29) is 0 Å². The molecule has 1 rings (SSSR count). The van der Waals surface area contributed by atoms with Gasteiger partial charge in [-0.1, -0.05) is 19.8 Å². The minimum Gasteiger partial charge on any atom is -0.300 e. The highest BCUT2D eigenvalue weighted by Crippen LogP contribution is 2.25. The van der Waals surface area contributed by atoms with Crippen molar-refractivity contribution in [3.8, 4) is 0 Å². The van der Waals surface area contributed by atoms with E-state index in [1.54, 1.807) is 0 Å². The average Bonchev–Trinajstić information content (AvgIpc) is 2.17. The van der Waals surface area contributed by atoms with Gasteiger partial charge in [0.25, 0.3) is 0 Å². The number of Topliss-reactive ketones (excluding diaryl/α,β-unsaturated/α-hetero) is 1. The van der Waals surface area contributed by atoms with Crippen LogP contribution in [-0.4, -0.2) is 5.78 Å². The molecule has 0 amide bonds. The van der Waals surface area contributed by atoms with Crippen LogP contribution in [0.3, 0.4) is 0 Å². The molecule has 0 saturated heterocycles. The van der Waals surface area contributed by atoms with E-state index >= 15 is 0 Å². The van der Waals surface area contributed by atoms with Gasteiger partial charge in [0, 0.05) is 12.8 Å². The summed E-state index contributed by atoms with van der Waals surface area (Å²) in [5, 5.41) is 0. The van der Waals surface area contributed by atoms with Crippen molar-refractivity contribution in [2.24, 2.45) is 5.92 Å². The van der Waals surface area contributed by atoms with Crippen molar-refractivity contribution in [2.45, 2.75) is 39.0 Å². The van der Waals surface area contributed by atoms with Crippen LogP contribution in [0.4, 0.5) is 0 Å². The van der Waals surface area contributed by atoms with Crippen molar-refractivity contribution in [3.05, 3.63) is 0 Å². The van der Waals surface area contributed by atoms with Gasteiger partial charge in [-0.3, -0.25) is 4.79 Å². The zero-order chi connectivity index (χ0) is 6.69. The number of carbonyl (C=O) groups excluding carboxylic acids is 1. The molecule has 0 aliphatic heterocycles. The van der Waals surface area contributed by atoms with Crippen LogP contribution in [0.5, 0.6) is 0 Å². The Morgan fingerprint density at radius 2 is 2.44 bits per heavy atom. The maximum Gasteiger partial charge on any atom is 0.133 e. The Morgan fingerprint density at radius 1 is 1.67 bits per heavy atom. The molecular weight excluding hydrogens is 112 g/mol. The quantitative estimate of drug-likeness (QED) is 0.554. The minimum atomic E-state index is 0.480. The first kappa shape index (κ1) is 6.79. The summed E-state index contributed by atoms with van der Waals surface area (Å²) in [6, 6.07) is 0. The van der Waals surface area contributed by atoms with Crippen LogP contribution >= 0.6 is 0 Å². The Hall–Kier alpha value is -0.330. The number of carbonyl (C=O) groups is 1. The highest BCUT2D eigenvalue weighted by molar-refractivity contribution is 5.80. The smallest absolute Gasteiger partial charge is 0.133 e. The summed E-state index contributed by atoms with van der Waals surface area (Å²) >= 11 is 0. The molecule has 1 atom stereocenters. The van der Waals surface area contributed by atoms with Gasteiger partial charge in [-0.25, -0.2) is 0 Å². The van der Waals surface area contributed by atoms with Crippen LogP contribution in [0.25, 0.3) is 0 Å². The van der Waals surface area contributed by atoms with Gasteiger partial charge in [-0.15, -0.1) is 0 Å². The van der Waals surface area contributed by atoms with Gasteiger partial charge >= 0.3 is 0 Å². The molecule has 0 spiro atoms. The van der Waals surface area contributed by atoms with Crippen LogP contribution in [-0.2, 0) is 4.79 Å². The van der Waals surface area contributed by atoms with E-state index in [4.69, 9.17) is 0 Å². The fourth-order valence-corrected chi connectivity index (χ4v) is 1.55. The van der Waals surface area contributed by atoms with Crippen molar-refractivity contribution < 1.29 is 4.79 Å². The Kier molecular flexibility index (Phi) is 2.26. The van der Waals surface area contributed by atoms with E-state index in [0.29, 0.717) is 5.78 Å². The lowest BCUT2D eigenvalue weighted by atomic mass is 10.0. The van der Waals surface area contributed by atoms with Gasteiger partial charge in [-0.05, 0) is 12.3 Å². The summed E-state index contributed by atoms with van der Waals surface area (Å²) in [4.78, 5) is 10.7. The Labute approximate surface area is 56.4 Å². The Balaban J connectivity index is 2.22. The predicted molar refractivity (Wildman–Crippen MR) is 37.3 cm³/mol. The molecule has 0 bridgehead atoms. The maximum atomic E-state index is 10.7. The Morgan fingerprint density at radius 3 is 2.89 bits per heavy atom. The zero-order valence-corrected chi connectivity index (χ0v) is 6.02. The summed E-state index contributed by atoms with van der Waals surface area (Å²) in [5.41, 5.74) is 0. The second kappa shape index (κ2) is 3.00. The van der Waals surface area contributed by atoms with Gasteiger partial charge in [-0.2, -0.15) is 0 Å². The standard InChI is InChI=1S/C8H14O/c1-2-3-7-4-5-8(9)6-7/h7H,2-6H2,1H3/t7-/m0/s1. The molecule has 52 valence electrons. The van der Waals surface area contributed by atoms with Crippen molar-refractivity contribution in [1.82, 2.24) is 0 Å². The first-order valence-electron chi connectivity index (χ1n) is 3.84. The van der Waals surface area contributed by atoms with Crippen molar-refractivity contribution >= 4 is 5.78 Å². The number of ketones is 1. The molecule has 0 aromatic carbocycles. The van der Waals surface area contributed by atoms with Crippen LogP contribution in [0, 0.1) is 5.92 Å². The van der Waals surface area contributed by atoms with E-state index in [2.05, 4.69) is 6.92 Å². The molecule has 1 aliphatic carbocycles. The monoisotopic (exact) mass is 126 g/mol. The first-order valence-corrected chi connectivity index (χ1v) is 3.84. The molecule has 0 unspecified atom stereocenters. The molecule has 1 saturated carbocycles. The van der Waals surface area contributed by atoms with Crippen LogP contribution in [0.15, 0.2) is 0 Å². The Bertz CT molecular complexity index is 107. The minimum absolute atomic E-state index is 0.480. The zero-order valence-electron chi connectivity index (χ0n) is 6.02. The van der Waals surface area contributed by atoms with Crippen molar-refractivity contribution in [2.75, 3.05) is 0 Å². The highest BCUT2D eigenvalue weighted by Gasteiger charge is 2.20. The van der Waals surface area contributed by atoms with Gasteiger partial charge in [0.15, 0.2) is 0 Å². The molecular formula is C8H14O. The molecule has 0 aromatic heterocycles. The van der Waals surface area contributed by atoms with Gasteiger partial charge in [0.1, 0.15) is 5.78 Å². The second-order valence-electron chi connectivity index (χ2n) is 2.94. The molecule has 1 aliphatic rings. The fourth-order valence-electron chi connectivity index (χ4n) is 1.55. The molecule has 9 heavy (non-hydrogen) atoms. The van der Waals surface area contributed by atoms with E-state index in [0.717, 1.165) is 25.2 Å². The van der Waals surface area contributed by atoms with Gasteiger partial charge in [0.2, 0.25) is 0 Å². The molecule has 1 nitrogen and oxygen atoms in total. The third-order valence-corrected chi connectivity index (χ3v) is 2.04. The van der Waals surface area contributed by atoms with Crippen LogP contribution in [0.1, 0.15) is 39.0 Å². The largest absolute Gasteiger partial charge is 0.300 e. The van der Waals surface area contributed by atoms with Gasteiger partial charge < -0.3 is 0 Å². The van der Waals surface area contributed by atoms with E-state index < -0.39 is 0 Å². The summed E-state index contributed by atoms with van der Waals surface area (Å²) in [7, 11) is 0. The summed E-state index contributed by atoms with van der Waals surface area (Å²) < 4.78 is 0. The fraction of sp³-hybridized carbons (Fsp3) is 0.875. The lowest BCUT2D eigenvalue weighted by molar-refractivity contribution is -0.117. The second-order valence-corrected chi connectivity index (χ2v) is 2.94. The highest BCUT2D eigenvalue weighted by atomic mass is 16.1. The maximum absolute atomic E-state index is 10.7. The lowest BCUT2D eigenvalue weighted by Gasteiger charge is -2.02. The SMILES string of the molecule is CCC[C@H]1CCC(=O)C1. The van der Waals surface area contributed by atoms with Crippen molar-refractivity contribution in [1.29, 1.82) is 0 Å². The molecule has 1 fully saturated rings. The molecule has 0 N–H and O–H groups in total. The van der Waals surface area contributed by atoms with Crippen LogP contribution < -0.4 is 0 Å². The third-order valence-electron chi connectivity index (χ3n) is 2.04. The lowest BCUT2D eigenvalue weighted by Crippen LogP contribution is -1.93. The third kappa shape index (κ3) is 1.81. The van der Waals surface area contributed by atoms with E-state index in [1.165, 1.54) is 12.8 Å². The summed E-state index contributed by atoms with van der Waals surface area (Å²) in [5.74, 6) is 1.22. The number of hydrogen-bond acceptors (Lipinski definition) is 1. The predicted octanol–water partition coefficient (Wildman–Crippen LogP) is 2.16. The van der Waals surface area contributed by atoms with E-state index in [9.17, 15) is 4.79 Å². The van der Waals surface area contributed by atoms with Gasteiger partial charge in [0.05, 0.1) is 0 Å².